The number of rotatable bonds is 3. The van der Waals surface area contributed by atoms with Gasteiger partial charge in [0.2, 0.25) is 0 Å². The summed E-state index contributed by atoms with van der Waals surface area (Å²) in [4.78, 5) is 13.6. The first-order valence-corrected chi connectivity index (χ1v) is 8.10. The molecule has 1 fully saturated rings. The molecule has 1 aromatic rings. The number of nitrogens with one attached hydrogen (secondary N) is 1. The highest BCUT2D eigenvalue weighted by Crippen LogP contribution is 2.24. The third-order valence-electron chi connectivity index (χ3n) is 3.34. The summed E-state index contributed by atoms with van der Waals surface area (Å²) in [6.45, 7) is 9.17. The van der Waals surface area contributed by atoms with Crippen LogP contribution in [0.15, 0.2) is 22.7 Å². The lowest BCUT2D eigenvalue weighted by molar-refractivity contribution is 0.0105. The Morgan fingerprint density at radius 3 is 2.67 bits per heavy atom. The van der Waals surface area contributed by atoms with E-state index in [1.54, 1.807) is 4.90 Å². The topological polar surface area (TPSA) is 41.6 Å². The molecule has 116 valence electrons. The summed E-state index contributed by atoms with van der Waals surface area (Å²) in [5.74, 6) is 0. The summed E-state index contributed by atoms with van der Waals surface area (Å²) in [6, 6.07) is 6.54. The molecule has 2 rings (SSSR count). The van der Waals surface area contributed by atoms with Crippen LogP contribution >= 0.6 is 15.9 Å². The lowest BCUT2D eigenvalue weighted by atomic mass is 10.1. The van der Waals surface area contributed by atoms with Crippen molar-refractivity contribution in [3.63, 3.8) is 0 Å². The van der Waals surface area contributed by atoms with Gasteiger partial charge in [-0.2, -0.15) is 0 Å². The van der Waals surface area contributed by atoms with Crippen LogP contribution in [-0.4, -0.2) is 35.7 Å². The number of aryl methyl sites for hydroxylation is 1. The summed E-state index contributed by atoms with van der Waals surface area (Å²) in [5, 5.41) is 3.50. The molecular weight excluding hydrogens is 332 g/mol. The Morgan fingerprint density at radius 2 is 2.10 bits per heavy atom. The SMILES string of the molecule is CCc1cc(Br)ccc1NC1CN(C(=O)OC(C)(C)C)C1. The normalized spacial score (nSPS) is 15.6. The number of ether oxygens (including phenoxy) is 1. The van der Waals surface area contributed by atoms with Gasteiger partial charge in [-0.1, -0.05) is 22.9 Å². The maximum Gasteiger partial charge on any atom is 0.410 e. The summed E-state index contributed by atoms with van der Waals surface area (Å²) in [6.07, 6.45) is 0.747. The van der Waals surface area contributed by atoms with Crippen LogP contribution in [0.3, 0.4) is 0 Å². The van der Waals surface area contributed by atoms with E-state index < -0.39 is 5.60 Å². The molecule has 0 radical (unpaired) electrons. The van der Waals surface area contributed by atoms with Crippen molar-refractivity contribution < 1.29 is 9.53 Å². The Kier molecular flexibility index (Phi) is 4.81. The second kappa shape index (κ2) is 6.26. The zero-order chi connectivity index (χ0) is 15.6. The van der Waals surface area contributed by atoms with Gasteiger partial charge in [-0.05, 0) is 51.0 Å². The van der Waals surface area contributed by atoms with Crippen LogP contribution in [0.2, 0.25) is 0 Å². The molecule has 0 saturated carbocycles. The molecule has 0 spiro atoms. The van der Waals surface area contributed by atoms with Gasteiger partial charge in [0, 0.05) is 23.2 Å². The van der Waals surface area contributed by atoms with Crippen molar-refractivity contribution in [3.05, 3.63) is 28.2 Å². The fourth-order valence-electron chi connectivity index (χ4n) is 2.26. The fraction of sp³-hybridized carbons (Fsp3) is 0.562. The van der Waals surface area contributed by atoms with E-state index in [1.165, 1.54) is 5.56 Å². The van der Waals surface area contributed by atoms with Crippen LogP contribution in [-0.2, 0) is 11.2 Å². The molecule has 1 N–H and O–H groups in total. The average molecular weight is 355 g/mol. The van der Waals surface area contributed by atoms with Gasteiger partial charge in [-0.15, -0.1) is 0 Å². The van der Waals surface area contributed by atoms with Crippen molar-refractivity contribution in [2.24, 2.45) is 0 Å². The van der Waals surface area contributed by atoms with E-state index in [0.29, 0.717) is 19.1 Å². The molecule has 1 aliphatic rings. The van der Waals surface area contributed by atoms with Crippen LogP contribution in [0.5, 0.6) is 0 Å². The van der Waals surface area contributed by atoms with Gasteiger partial charge >= 0.3 is 6.09 Å². The third-order valence-corrected chi connectivity index (χ3v) is 3.83. The van der Waals surface area contributed by atoms with E-state index in [4.69, 9.17) is 4.74 Å². The summed E-state index contributed by atoms with van der Waals surface area (Å²) in [5.41, 5.74) is 1.99. The number of hydrogen-bond donors (Lipinski definition) is 1. The molecule has 1 aromatic carbocycles. The highest BCUT2D eigenvalue weighted by atomic mass is 79.9. The maximum atomic E-state index is 11.9. The third kappa shape index (κ3) is 4.37. The van der Waals surface area contributed by atoms with Crippen LogP contribution in [0.25, 0.3) is 0 Å². The van der Waals surface area contributed by atoms with Crippen molar-refractivity contribution in [1.82, 2.24) is 4.90 Å². The van der Waals surface area contributed by atoms with Crippen LogP contribution in [0.1, 0.15) is 33.3 Å². The van der Waals surface area contributed by atoms with Gasteiger partial charge in [-0.3, -0.25) is 0 Å². The first-order valence-electron chi connectivity index (χ1n) is 7.31. The van der Waals surface area contributed by atoms with Crippen molar-refractivity contribution >= 4 is 27.7 Å². The first-order chi connectivity index (χ1) is 9.78. The number of carbonyl (C=O) groups excluding carboxylic acids is 1. The van der Waals surface area contributed by atoms with Crippen molar-refractivity contribution in [2.75, 3.05) is 18.4 Å². The van der Waals surface area contributed by atoms with Gasteiger partial charge < -0.3 is 15.0 Å². The van der Waals surface area contributed by atoms with Crippen LogP contribution in [0.4, 0.5) is 10.5 Å². The Balaban J connectivity index is 1.87. The van der Waals surface area contributed by atoms with Crippen molar-refractivity contribution in [3.8, 4) is 0 Å². The molecule has 0 aliphatic carbocycles. The molecule has 21 heavy (non-hydrogen) atoms. The van der Waals surface area contributed by atoms with Crippen molar-refractivity contribution in [1.29, 1.82) is 0 Å². The first kappa shape index (κ1) is 16.1. The number of nitrogens with zero attached hydrogens (tertiary/aromatic N) is 1. The minimum Gasteiger partial charge on any atom is -0.444 e. The molecule has 1 saturated heterocycles. The number of carbonyl (C=O) groups is 1. The molecule has 1 heterocycles. The Labute approximate surface area is 135 Å². The molecule has 0 unspecified atom stereocenters. The van der Waals surface area contributed by atoms with Gasteiger partial charge in [0.1, 0.15) is 5.60 Å². The minimum absolute atomic E-state index is 0.230. The van der Waals surface area contributed by atoms with Crippen LogP contribution in [0, 0.1) is 0 Å². The summed E-state index contributed by atoms with van der Waals surface area (Å²) in [7, 11) is 0. The second-order valence-corrected chi connectivity index (χ2v) is 7.30. The van der Waals surface area contributed by atoms with E-state index in [0.717, 1.165) is 16.6 Å². The molecule has 0 bridgehead atoms. The Morgan fingerprint density at radius 1 is 1.43 bits per heavy atom. The van der Waals surface area contributed by atoms with Gasteiger partial charge in [0.25, 0.3) is 0 Å². The number of likely N-dealkylation sites (tertiary alicyclic amines) is 1. The van der Waals surface area contributed by atoms with E-state index >= 15 is 0 Å². The van der Waals surface area contributed by atoms with E-state index in [-0.39, 0.29) is 6.09 Å². The highest BCUT2D eigenvalue weighted by Gasteiger charge is 2.33. The zero-order valence-corrected chi connectivity index (χ0v) is 14.7. The standard InChI is InChI=1S/C16H23BrN2O2/c1-5-11-8-12(17)6-7-14(11)18-13-9-19(10-13)15(20)21-16(2,3)4/h6-8,13,18H,5,9-10H2,1-4H3. The second-order valence-electron chi connectivity index (χ2n) is 6.38. The molecule has 4 nitrogen and oxygen atoms in total. The molecule has 0 aromatic heterocycles. The Hall–Kier alpha value is -1.23. The zero-order valence-electron chi connectivity index (χ0n) is 13.1. The molecular formula is C16H23BrN2O2. The monoisotopic (exact) mass is 354 g/mol. The van der Waals surface area contributed by atoms with Gasteiger partial charge in [0.05, 0.1) is 6.04 Å². The summed E-state index contributed by atoms with van der Waals surface area (Å²) < 4.78 is 6.45. The molecule has 5 heteroatoms. The maximum absolute atomic E-state index is 11.9. The minimum atomic E-state index is -0.434. The van der Waals surface area contributed by atoms with E-state index in [2.05, 4.69) is 40.3 Å². The average Bonchev–Trinajstić information content (AvgIpc) is 2.32. The quantitative estimate of drug-likeness (QED) is 0.890. The van der Waals surface area contributed by atoms with Crippen molar-refractivity contribution in [2.45, 2.75) is 45.8 Å². The van der Waals surface area contributed by atoms with Crippen LogP contribution < -0.4 is 5.32 Å². The number of halogens is 1. The Bertz CT molecular complexity index is 519. The number of amides is 1. The largest absolute Gasteiger partial charge is 0.444 e. The van der Waals surface area contributed by atoms with Gasteiger partial charge in [0.15, 0.2) is 0 Å². The van der Waals surface area contributed by atoms with E-state index in [1.807, 2.05) is 26.8 Å². The lowest BCUT2D eigenvalue weighted by Crippen LogP contribution is -2.58. The smallest absolute Gasteiger partial charge is 0.410 e. The van der Waals surface area contributed by atoms with E-state index in [9.17, 15) is 4.79 Å². The predicted octanol–water partition coefficient (Wildman–Crippen LogP) is 4.04. The lowest BCUT2D eigenvalue weighted by Gasteiger charge is -2.40. The van der Waals surface area contributed by atoms with Gasteiger partial charge in [-0.25, -0.2) is 4.79 Å². The summed E-state index contributed by atoms with van der Waals surface area (Å²) >= 11 is 3.49. The highest BCUT2D eigenvalue weighted by molar-refractivity contribution is 9.10. The number of benzene rings is 1. The fourth-order valence-corrected chi connectivity index (χ4v) is 2.67. The predicted molar refractivity (Wildman–Crippen MR) is 88.7 cm³/mol. The molecule has 1 amide bonds. The molecule has 1 aliphatic heterocycles. The number of hydrogen-bond acceptors (Lipinski definition) is 3. The number of anilines is 1. The molecule has 0 atom stereocenters.